The summed E-state index contributed by atoms with van der Waals surface area (Å²) in [6, 6.07) is 11.1. The summed E-state index contributed by atoms with van der Waals surface area (Å²) in [7, 11) is 1.32. The van der Waals surface area contributed by atoms with Gasteiger partial charge in [-0.25, -0.2) is 4.79 Å². The fourth-order valence-electron chi connectivity index (χ4n) is 2.49. The molecule has 1 aromatic carbocycles. The van der Waals surface area contributed by atoms with Gasteiger partial charge in [0.05, 0.1) is 7.11 Å². The molecule has 0 bridgehead atoms. The number of hydrogen-bond acceptors (Lipinski definition) is 5. The third kappa shape index (κ3) is 3.73. The van der Waals surface area contributed by atoms with Gasteiger partial charge in [0.2, 0.25) is 0 Å². The van der Waals surface area contributed by atoms with Crippen LogP contribution in [-0.2, 0) is 11.2 Å². The van der Waals surface area contributed by atoms with Gasteiger partial charge < -0.3 is 14.5 Å². The number of carbonyl (C=O) groups is 2. The smallest absolute Gasteiger partial charge is 0.341 e. The highest BCUT2D eigenvalue weighted by atomic mass is 79.9. The van der Waals surface area contributed by atoms with Crippen LogP contribution in [0.4, 0.5) is 5.00 Å². The number of rotatable bonds is 5. The summed E-state index contributed by atoms with van der Waals surface area (Å²) in [6.07, 6.45) is 0.938. The maximum absolute atomic E-state index is 12.3. The summed E-state index contributed by atoms with van der Waals surface area (Å²) in [6.45, 7) is 2.08. The van der Waals surface area contributed by atoms with E-state index in [4.69, 9.17) is 9.15 Å². The van der Waals surface area contributed by atoms with Crippen molar-refractivity contribution < 1.29 is 18.7 Å². The monoisotopic (exact) mass is 433 g/mol. The molecule has 2 aromatic heterocycles. The minimum absolute atomic E-state index is 0.148. The molecule has 0 saturated heterocycles. The lowest BCUT2D eigenvalue weighted by molar-refractivity contribution is 0.0603. The maximum Gasteiger partial charge on any atom is 0.341 e. The van der Waals surface area contributed by atoms with Crippen LogP contribution < -0.4 is 5.32 Å². The Morgan fingerprint density at radius 1 is 1.19 bits per heavy atom. The van der Waals surface area contributed by atoms with Crippen molar-refractivity contribution in [3.63, 3.8) is 0 Å². The number of anilines is 1. The lowest BCUT2D eigenvalue weighted by atomic mass is 10.0. The number of thiophene rings is 1. The minimum atomic E-state index is -0.503. The Labute approximate surface area is 163 Å². The summed E-state index contributed by atoms with van der Waals surface area (Å²) in [5.41, 5.74) is 3.15. The molecule has 0 aliphatic rings. The lowest BCUT2D eigenvalue weighted by Crippen LogP contribution is -2.13. The van der Waals surface area contributed by atoms with Crippen molar-refractivity contribution in [1.82, 2.24) is 0 Å². The summed E-state index contributed by atoms with van der Waals surface area (Å²) >= 11 is 4.43. The first-order valence-corrected chi connectivity index (χ1v) is 9.56. The molecule has 0 aliphatic heterocycles. The standard InChI is InChI=1S/C19H16BrNO4S/c1-3-11-4-6-12(7-5-11)13-10-26-18(16(13)19(23)24-2)21-17(22)14-8-9-15(20)25-14/h4-10H,3H2,1-2H3,(H,21,22). The van der Waals surface area contributed by atoms with Crippen LogP contribution in [0.2, 0.25) is 0 Å². The Balaban J connectivity index is 1.96. The number of hydrogen-bond donors (Lipinski definition) is 1. The van der Waals surface area contributed by atoms with Crippen LogP contribution in [0.5, 0.6) is 0 Å². The molecule has 0 aliphatic carbocycles. The van der Waals surface area contributed by atoms with E-state index >= 15 is 0 Å². The zero-order valence-corrected chi connectivity index (χ0v) is 16.6. The SMILES string of the molecule is CCc1ccc(-c2csc(NC(=O)c3ccc(Br)o3)c2C(=O)OC)cc1. The van der Waals surface area contributed by atoms with E-state index in [0.29, 0.717) is 15.2 Å². The second-order valence-corrected chi connectivity index (χ2v) is 7.11. The van der Waals surface area contributed by atoms with Gasteiger partial charge in [-0.15, -0.1) is 11.3 Å². The fraction of sp³-hybridized carbons (Fsp3) is 0.158. The van der Waals surface area contributed by atoms with E-state index in [1.165, 1.54) is 24.0 Å². The molecule has 0 unspecified atom stereocenters. The number of carbonyl (C=O) groups excluding carboxylic acids is 2. The van der Waals surface area contributed by atoms with E-state index < -0.39 is 11.9 Å². The Hall–Kier alpha value is -2.38. The van der Waals surface area contributed by atoms with Crippen molar-refractivity contribution in [3.8, 4) is 11.1 Å². The Morgan fingerprint density at radius 2 is 1.92 bits per heavy atom. The number of halogens is 1. The predicted molar refractivity (Wildman–Crippen MR) is 105 cm³/mol. The molecule has 7 heteroatoms. The van der Waals surface area contributed by atoms with Crippen LogP contribution in [0.25, 0.3) is 11.1 Å². The highest BCUT2D eigenvalue weighted by Gasteiger charge is 2.23. The van der Waals surface area contributed by atoms with E-state index in [2.05, 4.69) is 28.2 Å². The number of methoxy groups -OCH3 is 1. The molecule has 134 valence electrons. The van der Waals surface area contributed by atoms with Crippen LogP contribution >= 0.6 is 27.3 Å². The van der Waals surface area contributed by atoms with Crippen LogP contribution in [0.3, 0.4) is 0 Å². The zero-order valence-electron chi connectivity index (χ0n) is 14.2. The second-order valence-electron chi connectivity index (χ2n) is 5.45. The highest BCUT2D eigenvalue weighted by molar-refractivity contribution is 9.10. The van der Waals surface area contributed by atoms with E-state index in [-0.39, 0.29) is 5.76 Å². The van der Waals surface area contributed by atoms with Crippen molar-refractivity contribution >= 4 is 44.1 Å². The summed E-state index contributed by atoms with van der Waals surface area (Å²) in [5, 5.41) is 4.99. The molecular weight excluding hydrogens is 418 g/mol. The first kappa shape index (κ1) is 18.4. The molecule has 1 amide bonds. The molecule has 3 rings (SSSR count). The highest BCUT2D eigenvalue weighted by Crippen LogP contribution is 2.36. The zero-order chi connectivity index (χ0) is 18.7. The normalized spacial score (nSPS) is 10.6. The maximum atomic E-state index is 12.3. The van der Waals surface area contributed by atoms with Gasteiger partial charge in [0.1, 0.15) is 10.6 Å². The molecule has 0 spiro atoms. The van der Waals surface area contributed by atoms with Gasteiger partial charge in [-0.05, 0) is 45.6 Å². The largest absolute Gasteiger partial charge is 0.465 e. The molecule has 3 aromatic rings. The number of aryl methyl sites for hydroxylation is 1. The van der Waals surface area contributed by atoms with E-state index in [1.807, 2.05) is 29.6 Å². The Kier molecular flexibility index (Phi) is 5.58. The molecule has 0 fully saturated rings. The molecular formula is C19H16BrNO4S. The van der Waals surface area contributed by atoms with Crippen LogP contribution in [0, 0.1) is 0 Å². The van der Waals surface area contributed by atoms with Crippen molar-refractivity contribution in [2.75, 3.05) is 12.4 Å². The topological polar surface area (TPSA) is 68.5 Å². The van der Waals surface area contributed by atoms with Crippen molar-refractivity contribution in [2.45, 2.75) is 13.3 Å². The van der Waals surface area contributed by atoms with Gasteiger partial charge in [-0.1, -0.05) is 31.2 Å². The van der Waals surface area contributed by atoms with Gasteiger partial charge in [0.15, 0.2) is 10.4 Å². The average Bonchev–Trinajstić information content (AvgIpc) is 3.27. The molecule has 26 heavy (non-hydrogen) atoms. The Morgan fingerprint density at radius 3 is 2.50 bits per heavy atom. The molecule has 0 saturated carbocycles. The number of ether oxygens (including phenoxy) is 1. The third-order valence-corrected chi connectivity index (χ3v) is 5.20. The summed E-state index contributed by atoms with van der Waals surface area (Å²) < 4.78 is 10.6. The van der Waals surface area contributed by atoms with Crippen molar-refractivity contribution in [1.29, 1.82) is 0 Å². The molecule has 1 N–H and O–H groups in total. The molecule has 0 radical (unpaired) electrons. The average molecular weight is 434 g/mol. The quantitative estimate of drug-likeness (QED) is 0.548. The Bertz CT molecular complexity index is 943. The summed E-state index contributed by atoms with van der Waals surface area (Å²) in [5.74, 6) is -0.790. The minimum Gasteiger partial charge on any atom is -0.465 e. The number of benzene rings is 1. The van der Waals surface area contributed by atoms with E-state index in [1.54, 1.807) is 12.1 Å². The number of furan rings is 1. The van der Waals surface area contributed by atoms with Crippen LogP contribution in [-0.4, -0.2) is 19.0 Å². The van der Waals surface area contributed by atoms with E-state index in [9.17, 15) is 9.59 Å². The number of amides is 1. The molecule has 0 atom stereocenters. The fourth-order valence-corrected chi connectivity index (χ4v) is 3.75. The molecule has 5 nitrogen and oxygen atoms in total. The van der Waals surface area contributed by atoms with Crippen molar-refractivity contribution in [2.24, 2.45) is 0 Å². The lowest BCUT2D eigenvalue weighted by Gasteiger charge is -2.07. The first-order chi connectivity index (χ1) is 12.5. The van der Waals surface area contributed by atoms with Gasteiger partial charge >= 0.3 is 5.97 Å². The molecule has 2 heterocycles. The predicted octanol–water partition coefficient (Wildman–Crippen LogP) is 5.37. The second kappa shape index (κ2) is 7.88. The first-order valence-electron chi connectivity index (χ1n) is 7.89. The van der Waals surface area contributed by atoms with Gasteiger partial charge in [0, 0.05) is 10.9 Å². The van der Waals surface area contributed by atoms with Crippen molar-refractivity contribution in [3.05, 3.63) is 63.3 Å². The third-order valence-electron chi connectivity index (χ3n) is 3.88. The summed E-state index contributed by atoms with van der Waals surface area (Å²) in [4.78, 5) is 24.7. The van der Waals surface area contributed by atoms with Crippen LogP contribution in [0.15, 0.2) is 50.9 Å². The number of esters is 1. The van der Waals surface area contributed by atoms with Gasteiger partial charge in [-0.3, -0.25) is 4.79 Å². The van der Waals surface area contributed by atoms with Gasteiger partial charge in [0.25, 0.3) is 5.91 Å². The van der Waals surface area contributed by atoms with Gasteiger partial charge in [-0.2, -0.15) is 0 Å². The number of nitrogens with one attached hydrogen (secondary N) is 1. The van der Waals surface area contributed by atoms with E-state index in [0.717, 1.165) is 17.5 Å². The van der Waals surface area contributed by atoms with Crippen LogP contribution in [0.1, 0.15) is 33.4 Å².